The molecular formula is C24H29ClN2O6. The highest BCUT2D eigenvalue weighted by Gasteiger charge is 2.78. The lowest BCUT2D eigenvalue weighted by atomic mass is 9.66. The van der Waals surface area contributed by atoms with Gasteiger partial charge in [0.25, 0.3) is 5.91 Å². The topological polar surface area (TPSA) is 107 Å². The zero-order valence-electron chi connectivity index (χ0n) is 18.6. The van der Waals surface area contributed by atoms with Crippen molar-refractivity contribution >= 4 is 35.1 Å². The summed E-state index contributed by atoms with van der Waals surface area (Å²) < 4.78 is 6.38. The maximum absolute atomic E-state index is 14.1. The number of aliphatic hydroxyl groups excluding tert-OH is 1. The Bertz CT molecular complexity index is 985. The van der Waals surface area contributed by atoms with Crippen LogP contribution in [0.5, 0.6) is 0 Å². The molecule has 1 aromatic rings. The summed E-state index contributed by atoms with van der Waals surface area (Å²) in [5.74, 6) is -3.80. The van der Waals surface area contributed by atoms with Gasteiger partial charge in [-0.3, -0.25) is 14.4 Å². The molecule has 3 heterocycles. The average Bonchev–Trinajstić information content (AvgIpc) is 3.33. The average molecular weight is 477 g/mol. The summed E-state index contributed by atoms with van der Waals surface area (Å²) in [4.78, 5) is 42.9. The number of anilines is 1. The van der Waals surface area contributed by atoms with Crippen LogP contribution in [-0.4, -0.2) is 69.8 Å². The number of carboxylic acids is 1. The molecule has 0 radical (unpaired) electrons. The number of para-hydroxylation sites is 1. The van der Waals surface area contributed by atoms with E-state index in [-0.39, 0.29) is 31.5 Å². The number of nitrogens with zero attached hydrogens (tertiary/aromatic N) is 2. The van der Waals surface area contributed by atoms with Crippen LogP contribution in [0.4, 0.5) is 5.69 Å². The maximum Gasteiger partial charge on any atom is 0.310 e. The van der Waals surface area contributed by atoms with Gasteiger partial charge >= 0.3 is 5.97 Å². The first kappa shape index (κ1) is 23.7. The highest BCUT2D eigenvalue weighted by molar-refractivity contribution is 6.34. The van der Waals surface area contributed by atoms with E-state index < -0.39 is 35.0 Å². The molecule has 178 valence electrons. The van der Waals surface area contributed by atoms with Crippen molar-refractivity contribution in [3.05, 3.63) is 41.9 Å². The summed E-state index contributed by atoms with van der Waals surface area (Å²) in [7, 11) is 0. The smallest absolute Gasteiger partial charge is 0.310 e. The fourth-order valence-corrected chi connectivity index (χ4v) is 6.21. The predicted octanol–water partition coefficient (Wildman–Crippen LogP) is 2.48. The molecule has 0 saturated carbocycles. The minimum absolute atomic E-state index is 0.0379. The second-order valence-electron chi connectivity index (χ2n) is 9.22. The van der Waals surface area contributed by atoms with Crippen LogP contribution < -0.4 is 4.90 Å². The molecule has 3 saturated heterocycles. The number of amides is 2. The fraction of sp³-hybridized carbons (Fsp3) is 0.542. The Morgan fingerprint density at radius 2 is 2.06 bits per heavy atom. The van der Waals surface area contributed by atoms with Gasteiger partial charge in [-0.15, -0.1) is 6.58 Å². The molecule has 0 aromatic heterocycles. The van der Waals surface area contributed by atoms with Crippen molar-refractivity contribution in [2.24, 2.45) is 11.8 Å². The van der Waals surface area contributed by atoms with E-state index in [1.165, 1.54) is 9.80 Å². The number of likely N-dealkylation sites (tertiary alicyclic amines) is 1. The van der Waals surface area contributed by atoms with Gasteiger partial charge in [0.1, 0.15) is 11.6 Å². The molecule has 3 aliphatic heterocycles. The van der Waals surface area contributed by atoms with Gasteiger partial charge < -0.3 is 24.7 Å². The molecule has 3 aliphatic rings. The normalized spacial score (nSPS) is 32.2. The van der Waals surface area contributed by atoms with E-state index in [1.54, 1.807) is 37.3 Å². The lowest BCUT2D eigenvalue weighted by molar-refractivity contribution is -0.154. The van der Waals surface area contributed by atoms with Gasteiger partial charge in [-0.25, -0.2) is 0 Å². The van der Waals surface area contributed by atoms with Crippen molar-refractivity contribution in [2.45, 2.75) is 49.9 Å². The fourth-order valence-electron chi connectivity index (χ4n) is 5.97. The lowest BCUT2D eigenvalue weighted by Gasteiger charge is -2.37. The standard InChI is InChI=1S/C24H29ClN2O6/c1-3-12-26(16-9-5-4-8-15(16)25)21(30)19-24-11-10-23(2,33-24)18(22(31)32)17(24)20(29)27(19)13-6-7-14-28/h3-5,8-9,17-19,28H,1,6-7,10-14H2,2H3,(H,31,32)/t17-,18-,19?,23+,24?/m0/s1. The summed E-state index contributed by atoms with van der Waals surface area (Å²) in [6, 6.07) is 5.94. The van der Waals surface area contributed by atoms with Gasteiger partial charge in [0, 0.05) is 19.7 Å². The molecule has 2 N–H and O–H groups in total. The molecule has 0 aliphatic carbocycles. The molecule has 1 spiro atoms. The molecule has 2 bridgehead atoms. The molecule has 33 heavy (non-hydrogen) atoms. The summed E-state index contributed by atoms with van der Waals surface area (Å²) in [5, 5.41) is 19.6. The minimum atomic E-state index is -1.22. The first-order valence-electron chi connectivity index (χ1n) is 11.2. The number of halogens is 1. The van der Waals surface area contributed by atoms with Crippen molar-refractivity contribution < 1.29 is 29.3 Å². The largest absolute Gasteiger partial charge is 0.481 e. The van der Waals surface area contributed by atoms with Gasteiger partial charge in [0.15, 0.2) is 0 Å². The van der Waals surface area contributed by atoms with E-state index in [0.29, 0.717) is 36.4 Å². The Kier molecular flexibility index (Phi) is 6.28. The quantitative estimate of drug-likeness (QED) is 0.419. The van der Waals surface area contributed by atoms with Crippen molar-refractivity contribution in [2.75, 3.05) is 24.6 Å². The molecule has 8 nitrogen and oxygen atoms in total. The van der Waals surface area contributed by atoms with E-state index in [1.807, 2.05) is 0 Å². The molecule has 5 atom stereocenters. The van der Waals surface area contributed by atoms with Gasteiger partial charge in [0.2, 0.25) is 5.91 Å². The molecule has 4 rings (SSSR count). The number of hydrogen-bond donors (Lipinski definition) is 2. The molecule has 2 amide bonds. The highest BCUT2D eigenvalue weighted by Crippen LogP contribution is 2.63. The van der Waals surface area contributed by atoms with Gasteiger partial charge in [-0.1, -0.05) is 29.8 Å². The molecular weight excluding hydrogens is 448 g/mol. The van der Waals surface area contributed by atoms with Crippen LogP contribution in [0.25, 0.3) is 0 Å². The third kappa shape index (κ3) is 3.55. The molecule has 9 heteroatoms. The number of carbonyl (C=O) groups excluding carboxylic acids is 2. The first-order chi connectivity index (χ1) is 15.7. The number of aliphatic hydroxyl groups is 1. The van der Waals surface area contributed by atoms with Crippen LogP contribution in [0.15, 0.2) is 36.9 Å². The number of fused-ring (bicyclic) bond motifs is 1. The third-order valence-corrected chi connectivity index (χ3v) is 7.62. The summed E-state index contributed by atoms with van der Waals surface area (Å²) in [6.45, 7) is 5.84. The van der Waals surface area contributed by atoms with Crippen LogP contribution >= 0.6 is 11.6 Å². The van der Waals surface area contributed by atoms with Crippen molar-refractivity contribution in [3.8, 4) is 0 Å². The van der Waals surface area contributed by atoms with Gasteiger partial charge in [-0.2, -0.15) is 0 Å². The Morgan fingerprint density at radius 1 is 1.33 bits per heavy atom. The molecule has 3 fully saturated rings. The Balaban J connectivity index is 1.80. The maximum atomic E-state index is 14.1. The number of aliphatic carboxylic acids is 1. The van der Waals surface area contributed by atoms with Crippen molar-refractivity contribution in [1.82, 2.24) is 4.90 Å². The number of unbranched alkanes of at least 4 members (excludes halogenated alkanes) is 1. The van der Waals surface area contributed by atoms with E-state index >= 15 is 0 Å². The Labute approximate surface area is 197 Å². The number of benzene rings is 1. The van der Waals surface area contributed by atoms with E-state index in [4.69, 9.17) is 16.3 Å². The lowest BCUT2D eigenvalue weighted by Crippen LogP contribution is -2.56. The van der Waals surface area contributed by atoms with Crippen LogP contribution in [0.2, 0.25) is 5.02 Å². The highest BCUT2D eigenvalue weighted by atomic mass is 35.5. The number of ether oxygens (including phenoxy) is 1. The zero-order chi connectivity index (χ0) is 24.0. The minimum Gasteiger partial charge on any atom is -0.481 e. The van der Waals surface area contributed by atoms with Crippen molar-refractivity contribution in [1.29, 1.82) is 0 Å². The van der Waals surface area contributed by atoms with Gasteiger partial charge in [-0.05, 0) is 44.7 Å². The van der Waals surface area contributed by atoms with E-state index in [0.717, 1.165) is 0 Å². The third-order valence-electron chi connectivity index (χ3n) is 7.30. The number of carboxylic acid groups (broad SMARTS) is 1. The molecule has 2 unspecified atom stereocenters. The summed E-state index contributed by atoms with van der Waals surface area (Å²) >= 11 is 6.40. The summed E-state index contributed by atoms with van der Waals surface area (Å²) in [5.41, 5.74) is -1.73. The summed E-state index contributed by atoms with van der Waals surface area (Å²) in [6.07, 6.45) is 3.40. The second-order valence-corrected chi connectivity index (χ2v) is 9.62. The van der Waals surface area contributed by atoms with E-state index in [2.05, 4.69) is 6.58 Å². The van der Waals surface area contributed by atoms with Crippen LogP contribution in [-0.2, 0) is 19.1 Å². The van der Waals surface area contributed by atoms with E-state index in [9.17, 15) is 24.6 Å². The number of rotatable bonds is 9. The zero-order valence-corrected chi connectivity index (χ0v) is 19.3. The Hall–Kier alpha value is -2.42. The van der Waals surface area contributed by atoms with Crippen LogP contribution in [0.3, 0.4) is 0 Å². The number of hydrogen-bond acceptors (Lipinski definition) is 5. The SMILES string of the molecule is C=CCN(C(=O)C1N(CCCCO)C(=O)[C@@H]2[C@@H](C(=O)O)[C@@]3(C)CCC12O3)c1ccccc1Cl. The van der Waals surface area contributed by atoms with Crippen LogP contribution in [0.1, 0.15) is 32.6 Å². The van der Waals surface area contributed by atoms with Crippen molar-refractivity contribution in [3.63, 3.8) is 0 Å². The number of carbonyl (C=O) groups is 3. The second kappa shape index (κ2) is 8.74. The molecule has 1 aromatic carbocycles. The van der Waals surface area contributed by atoms with Crippen LogP contribution in [0, 0.1) is 11.8 Å². The van der Waals surface area contributed by atoms with Gasteiger partial charge in [0.05, 0.1) is 28.1 Å². The first-order valence-corrected chi connectivity index (χ1v) is 11.6. The monoisotopic (exact) mass is 476 g/mol. The predicted molar refractivity (Wildman–Crippen MR) is 122 cm³/mol. The Morgan fingerprint density at radius 3 is 2.70 bits per heavy atom.